The summed E-state index contributed by atoms with van der Waals surface area (Å²) in [5.41, 5.74) is 13.2. The molecule has 0 fully saturated rings. The van der Waals surface area contributed by atoms with Crippen LogP contribution in [0.5, 0.6) is 0 Å². The molecule has 0 aromatic heterocycles. The fraction of sp³-hybridized carbons (Fsp3) is 0.375. The van der Waals surface area contributed by atoms with Gasteiger partial charge >= 0.3 is 5.97 Å². The third kappa shape index (κ3) is 16.3. The summed E-state index contributed by atoms with van der Waals surface area (Å²) in [5, 5.41) is 23.0. The molecule has 306 valence electrons. The fourth-order valence-corrected chi connectivity index (χ4v) is 6.39. The Labute approximate surface area is 341 Å². The van der Waals surface area contributed by atoms with E-state index in [4.69, 9.17) is 11.5 Å². The van der Waals surface area contributed by atoms with Crippen LogP contribution in [0.15, 0.2) is 91.0 Å². The average molecular weight is 822 g/mol. The number of rotatable bonds is 24. The zero-order valence-electron chi connectivity index (χ0n) is 31.6. The van der Waals surface area contributed by atoms with E-state index in [0.717, 1.165) is 0 Å². The number of hydrogen-bond acceptors (Lipinski definition) is 10. The molecule has 0 saturated carbocycles. The SMILES string of the molecule is CSCC[C@H](NC(=O)[C@@H](N)CCC(N)=O)C(=O)N[C@@H](Cc1ccccc1)C(=O)N[C@@H](Cc1ccccc1)C(=O)N[C@@H](CS)C(=O)N[C@@H](Cc1ccccc1)C(=O)O. The van der Waals surface area contributed by atoms with E-state index >= 15 is 0 Å². The minimum atomic E-state index is -1.29. The van der Waals surface area contributed by atoms with Gasteiger partial charge in [0.1, 0.15) is 30.2 Å². The van der Waals surface area contributed by atoms with Gasteiger partial charge in [0, 0.05) is 31.4 Å². The highest BCUT2D eigenvalue weighted by Gasteiger charge is 2.33. The molecule has 3 aromatic rings. The summed E-state index contributed by atoms with van der Waals surface area (Å²) in [6.07, 6.45) is 1.89. The second kappa shape index (κ2) is 24.3. The van der Waals surface area contributed by atoms with Crippen molar-refractivity contribution in [2.75, 3.05) is 17.8 Å². The van der Waals surface area contributed by atoms with Crippen molar-refractivity contribution >= 4 is 65.8 Å². The minimum absolute atomic E-state index is 0.000279. The van der Waals surface area contributed by atoms with Crippen molar-refractivity contribution in [3.8, 4) is 0 Å². The molecule has 10 N–H and O–H groups in total. The van der Waals surface area contributed by atoms with Crippen LogP contribution in [-0.4, -0.2) is 101 Å². The van der Waals surface area contributed by atoms with Crippen LogP contribution >= 0.6 is 24.4 Å². The number of nitrogens with two attached hydrogens (primary N) is 2. The van der Waals surface area contributed by atoms with Gasteiger partial charge in [-0.2, -0.15) is 24.4 Å². The van der Waals surface area contributed by atoms with Crippen LogP contribution in [0.2, 0.25) is 0 Å². The molecule has 0 aliphatic carbocycles. The second-order valence-corrected chi connectivity index (χ2v) is 14.6. The molecule has 3 rings (SSSR count). The Morgan fingerprint density at radius 3 is 1.35 bits per heavy atom. The predicted molar refractivity (Wildman–Crippen MR) is 221 cm³/mol. The van der Waals surface area contributed by atoms with E-state index in [2.05, 4.69) is 39.2 Å². The average Bonchev–Trinajstić information content (AvgIpc) is 3.20. The highest BCUT2D eigenvalue weighted by molar-refractivity contribution is 7.98. The van der Waals surface area contributed by atoms with Crippen LogP contribution in [0, 0.1) is 0 Å². The van der Waals surface area contributed by atoms with Crippen molar-refractivity contribution in [2.45, 2.75) is 74.8 Å². The molecule has 17 heteroatoms. The summed E-state index contributed by atoms with van der Waals surface area (Å²) in [6.45, 7) is 0. The summed E-state index contributed by atoms with van der Waals surface area (Å²) in [6, 6.07) is 19.2. The lowest BCUT2D eigenvalue weighted by molar-refractivity contribution is -0.142. The summed E-state index contributed by atoms with van der Waals surface area (Å²) in [4.78, 5) is 91.5. The number of benzene rings is 3. The van der Waals surface area contributed by atoms with E-state index in [1.807, 2.05) is 6.26 Å². The summed E-state index contributed by atoms with van der Waals surface area (Å²) in [5.74, 6) is -5.21. The number of hydrogen-bond donors (Lipinski definition) is 9. The Morgan fingerprint density at radius 1 is 0.579 bits per heavy atom. The maximum absolute atomic E-state index is 14.2. The lowest BCUT2D eigenvalue weighted by Gasteiger charge is -2.27. The number of amides is 6. The summed E-state index contributed by atoms with van der Waals surface area (Å²) < 4.78 is 0. The van der Waals surface area contributed by atoms with Crippen LogP contribution in [-0.2, 0) is 52.8 Å². The van der Waals surface area contributed by atoms with Gasteiger partial charge in [-0.15, -0.1) is 0 Å². The molecule has 0 unspecified atom stereocenters. The molecule has 6 atom stereocenters. The van der Waals surface area contributed by atoms with E-state index in [1.165, 1.54) is 11.8 Å². The van der Waals surface area contributed by atoms with Crippen LogP contribution in [0.4, 0.5) is 0 Å². The number of nitrogens with one attached hydrogen (secondary N) is 5. The van der Waals surface area contributed by atoms with Gasteiger partial charge < -0.3 is 43.2 Å². The highest BCUT2D eigenvalue weighted by atomic mass is 32.2. The number of carbonyl (C=O) groups is 7. The first-order chi connectivity index (χ1) is 27.3. The lowest BCUT2D eigenvalue weighted by Crippen LogP contribution is -2.60. The molecule has 0 bridgehead atoms. The molecule has 57 heavy (non-hydrogen) atoms. The van der Waals surface area contributed by atoms with Crippen molar-refractivity contribution < 1.29 is 38.7 Å². The molecule has 0 spiro atoms. The number of thiol groups is 1. The van der Waals surface area contributed by atoms with Crippen LogP contribution in [0.3, 0.4) is 0 Å². The largest absolute Gasteiger partial charge is 0.480 e. The topological polar surface area (TPSA) is 252 Å². The summed E-state index contributed by atoms with van der Waals surface area (Å²) in [7, 11) is 0. The van der Waals surface area contributed by atoms with E-state index in [-0.39, 0.29) is 44.3 Å². The van der Waals surface area contributed by atoms with Crippen molar-refractivity contribution in [3.05, 3.63) is 108 Å². The quantitative estimate of drug-likeness (QED) is 0.0566. The van der Waals surface area contributed by atoms with Gasteiger partial charge in [-0.3, -0.25) is 28.8 Å². The van der Waals surface area contributed by atoms with Crippen molar-refractivity contribution in [2.24, 2.45) is 11.5 Å². The third-order valence-corrected chi connectivity index (χ3v) is 9.84. The Morgan fingerprint density at radius 2 is 0.947 bits per heavy atom. The van der Waals surface area contributed by atoms with Crippen molar-refractivity contribution in [1.82, 2.24) is 26.6 Å². The van der Waals surface area contributed by atoms with Gasteiger partial charge in [-0.25, -0.2) is 4.79 Å². The Bertz CT molecular complexity index is 1790. The predicted octanol–water partition coefficient (Wildman–Crippen LogP) is 0.499. The number of carbonyl (C=O) groups excluding carboxylic acids is 6. The molecule has 0 aliphatic rings. The first kappa shape index (κ1) is 46.0. The highest BCUT2D eigenvalue weighted by Crippen LogP contribution is 2.10. The molecule has 6 amide bonds. The molecular formula is C40H51N7O8S2. The number of primary amides is 1. The number of carboxylic acids is 1. The Hall–Kier alpha value is -5.39. The molecule has 0 aliphatic heterocycles. The maximum atomic E-state index is 14.2. The van der Waals surface area contributed by atoms with Gasteiger partial charge in [0.15, 0.2) is 0 Å². The Kier molecular flexibility index (Phi) is 19.6. The van der Waals surface area contributed by atoms with Crippen LogP contribution < -0.4 is 38.1 Å². The van der Waals surface area contributed by atoms with Crippen molar-refractivity contribution in [3.63, 3.8) is 0 Å². The lowest BCUT2D eigenvalue weighted by atomic mass is 10.0. The second-order valence-electron chi connectivity index (χ2n) is 13.3. The van der Waals surface area contributed by atoms with Crippen LogP contribution in [0.1, 0.15) is 36.0 Å². The van der Waals surface area contributed by atoms with Gasteiger partial charge in [-0.05, 0) is 41.5 Å². The molecule has 0 saturated heterocycles. The molecule has 0 heterocycles. The van der Waals surface area contributed by atoms with E-state index in [9.17, 15) is 38.7 Å². The third-order valence-electron chi connectivity index (χ3n) is 8.83. The molecule has 3 aromatic carbocycles. The zero-order chi connectivity index (χ0) is 41.7. The molecule has 15 nitrogen and oxygen atoms in total. The number of thioether (sulfide) groups is 1. The van der Waals surface area contributed by atoms with Crippen LogP contribution in [0.25, 0.3) is 0 Å². The first-order valence-corrected chi connectivity index (χ1v) is 20.3. The number of carboxylic acid groups (broad SMARTS) is 1. The van der Waals surface area contributed by atoms with Gasteiger partial charge in [0.25, 0.3) is 0 Å². The monoisotopic (exact) mass is 821 g/mol. The van der Waals surface area contributed by atoms with Gasteiger partial charge in [0.05, 0.1) is 6.04 Å². The smallest absolute Gasteiger partial charge is 0.326 e. The fourth-order valence-electron chi connectivity index (χ4n) is 5.66. The van der Waals surface area contributed by atoms with E-state index in [0.29, 0.717) is 22.4 Å². The maximum Gasteiger partial charge on any atom is 0.326 e. The van der Waals surface area contributed by atoms with E-state index < -0.39 is 77.7 Å². The minimum Gasteiger partial charge on any atom is -0.480 e. The standard InChI is InChI=1S/C40H51N7O8S2/c1-57-20-19-29(43-35(49)28(41)17-18-34(42)48)36(50)44-30(21-25-11-5-2-6-12-25)37(51)45-31(22-26-13-7-3-8-14-26)38(52)47-33(24-56)39(53)46-32(40(54)55)23-27-15-9-4-10-16-27/h2-16,28-33,56H,17-24,41H2,1H3,(H2,42,48)(H,43,49)(H,44,50)(H,45,51)(H,46,53)(H,47,52)(H,54,55)/t28-,29-,30-,31-,32-,33-/m0/s1. The van der Waals surface area contributed by atoms with E-state index in [1.54, 1.807) is 91.0 Å². The van der Waals surface area contributed by atoms with Gasteiger partial charge in [-0.1, -0.05) is 91.0 Å². The summed E-state index contributed by atoms with van der Waals surface area (Å²) >= 11 is 5.69. The Balaban J connectivity index is 1.85. The zero-order valence-corrected chi connectivity index (χ0v) is 33.3. The molecular weight excluding hydrogens is 771 g/mol. The van der Waals surface area contributed by atoms with Crippen molar-refractivity contribution in [1.29, 1.82) is 0 Å². The number of aliphatic carboxylic acids is 1. The molecule has 0 radical (unpaired) electrons. The van der Waals surface area contributed by atoms with Gasteiger partial charge in [0.2, 0.25) is 35.4 Å². The normalized spacial score (nSPS) is 14.0. The first-order valence-electron chi connectivity index (χ1n) is 18.3.